The van der Waals surface area contributed by atoms with Gasteiger partial charge in [-0.15, -0.1) is 0 Å². The highest BCUT2D eigenvalue weighted by Crippen LogP contribution is 2.32. The summed E-state index contributed by atoms with van der Waals surface area (Å²) in [6.07, 6.45) is 0. The van der Waals surface area contributed by atoms with Gasteiger partial charge in [-0.3, -0.25) is 4.79 Å². The zero-order valence-corrected chi connectivity index (χ0v) is 19.5. The van der Waals surface area contributed by atoms with Gasteiger partial charge in [0.15, 0.2) is 5.69 Å². The van der Waals surface area contributed by atoms with Crippen molar-refractivity contribution in [1.82, 2.24) is 14.1 Å². The van der Waals surface area contributed by atoms with Gasteiger partial charge in [-0.2, -0.15) is 0 Å². The van der Waals surface area contributed by atoms with Crippen molar-refractivity contribution < 1.29 is 14.6 Å². The highest BCUT2D eigenvalue weighted by molar-refractivity contribution is 9.10. The Balaban J connectivity index is 1.88. The first-order valence-corrected chi connectivity index (χ1v) is 11.1. The molecule has 34 heavy (non-hydrogen) atoms. The summed E-state index contributed by atoms with van der Waals surface area (Å²) in [6, 6.07) is 19.2. The van der Waals surface area contributed by atoms with Crippen LogP contribution in [-0.4, -0.2) is 32.3 Å². The average molecular weight is 520 g/mol. The Labute approximate surface area is 200 Å². The summed E-state index contributed by atoms with van der Waals surface area (Å²) in [5.74, 6) is -0.624. The van der Waals surface area contributed by atoms with Crippen molar-refractivity contribution in [3.63, 3.8) is 0 Å². The van der Waals surface area contributed by atoms with Crippen LogP contribution in [0.5, 0.6) is 5.75 Å². The summed E-state index contributed by atoms with van der Waals surface area (Å²) in [7, 11) is 1.56. The Hall–Kier alpha value is -4.11. The number of halogens is 1. The molecule has 0 radical (unpaired) electrons. The fourth-order valence-corrected chi connectivity index (χ4v) is 4.60. The lowest BCUT2D eigenvalue weighted by Gasteiger charge is -2.11. The number of benzene rings is 3. The normalized spacial score (nSPS) is 11.2. The Morgan fingerprint density at radius 3 is 2.59 bits per heavy atom. The number of aromatic nitrogens is 3. The van der Waals surface area contributed by atoms with E-state index < -0.39 is 17.2 Å². The van der Waals surface area contributed by atoms with E-state index in [0.717, 1.165) is 10.1 Å². The van der Waals surface area contributed by atoms with Gasteiger partial charge in [-0.1, -0.05) is 40.2 Å². The van der Waals surface area contributed by atoms with Crippen molar-refractivity contribution in [2.45, 2.75) is 6.54 Å². The van der Waals surface area contributed by atoms with Crippen molar-refractivity contribution in [2.75, 3.05) is 7.11 Å². The van der Waals surface area contributed by atoms with Crippen LogP contribution in [0.25, 0.3) is 27.5 Å². The third-order valence-corrected chi connectivity index (χ3v) is 6.20. The number of H-pyrrole nitrogens is 1. The maximum atomic E-state index is 13.4. The molecule has 5 rings (SSSR count). The Kier molecular flexibility index (Phi) is 5.33. The molecular formula is C25H18BrN3O5. The first-order valence-electron chi connectivity index (χ1n) is 10.3. The fraction of sp³-hybridized carbons (Fsp3) is 0.0800. The van der Waals surface area contributed by atoms with Crippen molar-refractivity contribution in [3.8, 4) is 11.4 Å². The monoisotopic (exact) mass is 519 g/mol. The van der Waals surface area contributed by atoms with E-state index in [9.17, 15) is 19.5 Å². The molecule has 3 aromatic carbocycles. The molecule has 2 heterocycles. The van der Waals surface area contributed by atoms with Gasteiger partial charge in [-0.05, 0) is 48.0 Å². The average Bonchev–Trinajstić information content (AvgIpc) is 3.12. The van der Waals surface area contributed by atoms with Crippen LogP contribution in [0.2, 0.25) is 0 Å². The van der Waals surface area contributed by atoms with Crippen LogP contribution in [0.1, 0.15) is 16.1 Å². The van der Waals surface area contributed by atoms with Gasteiger partial charge in [0, 0.05) is 16.4 Å². The minimum absolute atomic E-state index is 0.0173. The molecule has 0 aliphatic heterocycles. The van der Waals surface area contributed by atoms with E-state index in [1.807, 2.05) is 18.2 Å². The number of methoxy groups -OCH3 is 1. The van der Waals surface area contributed by atoms with Crippen molar-refractivity contribution in [2.24, 2.45) is 0 Å². The van der Waals surface area contributed by atoms with E-state index in [0.29, 0.717) is 26.6 Å². The van der Waals surface area contributed by atoms with Crippen molar-refractivity contribution in [1.29, 1.82) is 0 Å². The van der Waals surface area contributed by atoms with E-state index in [4.69, 9.17) is 4.74 Å². The smallest absolute Gasteiger partial charge is 0.354 e. The number of fused-ring (bicyclic) bond motifs is 2. The molecule has 0 saturated heterocycles. The van der Waals surface area contributed by atoms with Gasteiger partial charge in [0.1, 0.15) is 5.75 Å². The van der Waals surface area contributed by atoms with Crippen LogP contribution in [0.15, 0.2) is 80.8 Å². The quantitative estimate of drug-likeness (QED) is 0.362. The summed E-state index contributed by atoms with van der Waals surface area (Å²) in [5.41, 5.74) is 0.286. The number of hydrogen-bond donors (Lipinski definition) is 2. The molecule has 0 bridgehead atoms. The molecular weight excluding hydrogens is 502 g/mol. The third kappa shape index (κ3) is 3.50. The minimum Gasteiger partial charge on any atom is -0.497 e. The lowest BCUT2D eigenvalue weighted by atomic mass is 10.2. The number of para-hydroxylation sites is 1. The molecule has 0 amide bonds. The number of carboxylic acid groups (broad SMARTS) is 1. The highest BCUT2D eigenvalue weighted by Gasteiger charge is 2.27. The molecule has 0 fully saturated rings. The maximum Gasteiger partial charge on any atom is 0.354 e. The van der Waals surface area contributed by atoms with E-state index in [2.05, 4.69) is 20.9 Å². The summed E-state index contributed by atoms with van der Waals surface area (Å²) < 4.78 is 8.48. The number of carbonyl (C=O) groups is 1. The van der Waals surface area contributed by atoms with Crippen LogP contribution in [-0.2, 0) is 6.54 Å². The largest absolute Gasteiger partial charge is 0.497 e. The molecule has 2 aromatic heterocycles. The number of nitrogens with zero attached hydrogens (tertiary/aromatic N) is 2. The van der Waals surface area contributed by atoms with Gasteiger partial charge in [-0.25, -0.2) is 14.2 Å². The SMILES string of the molecule is COc1cccc(Cn2c(C(=O)O)c(-n3c(=O)[nH]c4ccccc4c3=O)c3cc(Br)ccc32)c1. The first kappa shape index (κ1) is 21.7. The fourth-order valence-electron chi connectivity index (χ4n) is 4.24. The Bertz CT molecular complexity index is 1710. The van der Waals surface area contributed by atoms with E-state index in [-0.39, 0.29) is 23.3 Å². The molecule has 2 N–H and O–H groups in total. The first-order chi connectivity index (χ1) is 16.4. The van der Waals surface area contributed by atoms with Gasteiger partial charge in [0.2, 0.25) is 0 Å². The lowest BCUT2D eigenvalue weighted by Crippen LogP contribution is -2.34. The molecule has 0 aliphatic rings. The molecule has 0 atom stereocenters. The van der Waals surface area contributed by atoms with Crippen LogP contribution < -0.4 is 16.0 Å². The van der Waals surface area contributed by atoms with Gasteiger partial charge >= 0.3 is 11.7 Å². The number of hydrogen-bond acceptors (Lipinski definition) is 4. The molecule has 170 valence electrons. The molecule has 8 nitrogen and oxygen atoms in total. The second kappa shape index (κ2) is 8.35. The Morgan fingerprint density at radius 2 is 1.82 bits per heavy atom. The number of nitrogens with one attached hydrogen (secondary N) is 1. The third-order valence-electron chi connectivity index (χ3n) is 5.71. The number of carboxylic acids is 1. The van der Waals surface area contributed by atoms with E-state index >= 15 is 0 Å². The zero-order valence-electron chi connectivity index (χ0n) is 17.9. The number of aromatic carboxylic acids is 1. The summed E-state index contributed by atoms with van der Waals surface area (Å²) >= 11 is 3.43. The summed E-state index contributed by atoms with van der Waals surface area (Å²) in [6.45, 7) is 0.192. The molecule has 0 saturated carbocycles. The van der Waals surface area contributed by atoms with Gasteiger partial charge in [0.25, 0.3) is 5.56 Å². The number of rotatable bonds is 5. The minimum atomic E-state index is -1.26. The Morgan fingerprint density at radius 1 is 1.03 bits per heavy atom. The molecule has 0 unspecified atom stereocenters. The van der Waals surface area contributed by atoms with Crippen LogP contribution in [0.4, 0.5) is 0 Å². The number of ether oxygens (including phenoxy) is 1. The summed E-state index contributed by atoms with van der Waals surface area (Å²) in [5, 5.41) is 11.0. The van der Waals surface area contributed by atoms with E-state index in [1.165, 1.54) is 0 Å². The van der Waals surface area contributed by atoms with Gasteiger partial charge < -0.3 is 19.4 Å². The van der Waals surface area contributed by atoms with Gasteiger partial charge in [0.05, 0.1) is 29.2 Å². The molecule has 0 spiro atoms. The van der Waals surface area contributed by atoms with Crippen molar-refractivity contribution in [3.05, 3.63) is 103 Å². The predicted molar refractivity (Wildman–Crippen MR) is 132 cm³/mol. The highest BCUT2D eigenvalue weighted by atomic mass is 79.9. The molecule has 9 heteroatoms. The number of aromatic amines is 1. The van der Waals surface area contributed by atoms with Crippen LogP contribution in [0.3, 0.4) is 0 Å². The second-order valence-electron chi connectivity index (χ2n) is 7.72. The van der Waals surface area contributed by atoms with Crippen LogP contribution >= 0.6 is 15.9 Å². The standard InChI is InChI=1S/C25H18BrN3O5/c1-34-16-6-4-5-14(11-16)13-28-20-10-9-15(26)12-18(20)21(22(28)24(31)32)29-23(30)17-7-2-3-8-19(17)27-25(29)33/h2-12H,13H2,1H3,(H,27,33)(H,31,32). The zero-order chi connectivity index (χ0) is 24.0. The second-order valence-corrected chi connectivity index (χ2v) is 8.63. The van der Waals surface area contributed by atoms with Crippen LogP contribution in [0, 0.1) is 0 Å². The van der Waals surface area contributed by atoms with Crippen molar-refractivity contribution >= 4 is 43.7 Å². The lowest BCUT2D eigenvalue weighted by molar-refractivity contribution is 0.0686. The molecule has 5 aromatic rings. The predicted octanol–water partition coefficient (Wildman–Crippen LogP) is 4.15. The maximum absolute atomic E-state index is 13.4. The summed E-state index contributed by atoms with van der Waals surface area (Å²) in [4.78, 5) is 41.8. The topological polar surface area (TPSA) is 106 Å². The van der Waals surface area contributed by atoms with E-state index in [1.54, 1.807) is 60.2 Å². The molecule has 0 aliphatic carbocycles.